The summed E-state index contributed by atoms with van der Waals surface area (Å²) < 4.78 is 13.4. The monoisotopic (exact) mass is 271 g/mol. The summed E-state index contributed by atoms with van der Waals surface area (Å²) in [6, 6.07) is 4.94. The highest BCUT2D eigenvalue weighted by Crippen LogP contribution is 2.19. The molecule has 0 saturated carbocycles. The standard InChI is InChI=1S/C14H22FNOS/c1-11-4-5-12(10-13(11)15)14(17)6-7-16(2)8-9-18-3/h4-5,10,14,17H,6-9H2,1-3H3. The molecule has 1 N–H and O–H groups in total. The third-order valence-corrected chi connectivity index (χ3v) is 3.63. The van der Waals surface area contributed by atoms with Gasteiger partial charge in [0.05, 0.1) is 6.10 Å². The van der Waals surface area contributed by atoms with Crippen LogP contribution < -0.4 is 0 Å². The highest BCUT2D eigenvalue weighted by Gasteiger charge is 2.10. The minimum absolute atomic E-state index is 0.248. The summed E-state index contributed by atoms with van der Waals surface area (Å²) in [5, 5.41) is 10.0. The van der Waals surface area contributed by atoms with Crippen molar-refractivity contribution in [3.05, 3.63) is 35.1 Å². The van der Waals surface area contributed by atoms with Crippen molar-refractivity contribution in [2.45, 2.75) is 19.4 Å². The van der Waals surface area contributed by atoms with Gasteiger partial charge in [-0.3, -0.25) is 0 Å². The van der Waals surface area contributed by atoms with Gasteiger partial charge in [0.25, 0.3) is 0 Å². The topological polar surface area (TPSA) is 23.5 Å². The van der Waals surface area contributed by atoms with E-state index in [1.54, 1.807) is 19.1 Å². The van der Waals surface area contributed by atoms with Crippen molar-refractivity contribution in [1.82, 2.24) is 4.90 Å². The number of aryl methyl sites for hydroxylation is 1. The molecule has 4 heteroatoms. The second-order valence-electron chi connectivity index (χ2n) is 4.61. The van der Waals surface area contributed by atoms with Gasteiger partial charge in [-0.25, -0.2) is 4.39 Å². The van der Waals surface area contributed by atoms with Crippen molar-refractivity contribution >= 4 is 11.8 Å². The zero-order chi connectivity index (χ0) is 13.5. The smallest absolute Gasteiger partial charge is 0.126 e. The van der Waals surface area contributed by atoms with E-state index < -0.39 is 6.10 Å². The normalized spacial score (nSPS) is 13.0. The lowest BCUT2D eigenvalue weighted by molar-refractivity contribution is 0.150. The number of thioether (sulfide) groups is 1. The van der Waals surface area contributed by atoms with Crippen molar-refractivity contribution in [1.29, 1.82) is 0 Å². The maximum Gasteiger partial charge on any atom is 0.126 e. The van der Waals surface area contributed by atoms with E-state index in [4.69, 9.17) is 0 Å². The quantitative estimate of drug-likeness (QED) is 0.825. The molecule has 102 valence electrons. The maximum absolute atomic E-state index is 13.4. The lowest BCUT2D eigenvalue weighted by atomic mass is 10.0. The average Bonchev–Trinajstić information content (AvgIpc) is 2.36. The molecule has 1 unspecified atom stereocenters. The molecule has 1 aromatic rings. The predicted molar refractivity (Wildman–Crippen MR) is 76.6 cm³/mol. The van der Waals surface area contributed by atoms with Gasteiger partial charge in [-0.15, -0.1) is 0 Å². The van der Waals surface area contributed by atoms with Gasteiger partial charge in [0.15, 0.2) is 0 Å². The molecule has 2 nitrogen and oxygen atoms in total. The summed E-state index contributed by atoms with van der Waals surface area (Å²) >= 11 is 1.81. The summed E-state index contributed by atoms with van der Waals surface area (Å²) in [6.45, 7) is 3.55. The van der Waals surface area contributed by atoms with E-state index in [2.05, 4.69) is 11.2 Å². The molecule has 0 amide bonds. The van der Waals surface area contributed by atoms with E-state index in [0.717, 1.165) is 18.8 Å². The van der Waals surface area contributed by atoms with Crippen LogP contribution in [0.1, 0.15) is 23.7 Å². The molecule has 1 atom stereocenters. The highest BCUT2D eigenvalue weighted by atomic mass is 32.2. The van der Waals surface area contributed by atoms with Gasteiger partial charge >= 0.3 is 0 Å². The Morgan fingerprint density at radius 1 is 1.39 bits per heavy atom. The van der Waals surface area contributed by atoms with Gasteiger partial charge in [0.2, 0.25) is 0 Å². The first kappa shape index (κ1) is 15.5. The van der Waals surface area contributed by atoms with Crippen LogP contribution in [0.15, 0.2) is 18.2 Å². The number of nitrogens with zero attached hydrogens (tertiary/aromatic N) is 1. The van der Waals surface area contributed by atoms with Crippen LogP contribution in [0.3, 0.4) is 0 Å². The highest BCUT2D eigenvalue weighted by molar-refractivity contribution is 7.98. The zero-order valence-corrected chi connectivity index (χ0v) is 12.1. The summed E-state index contributed by atoms with van der Waals surface area (Å²) in [5.41, 5.74) is 1.28. The summed E-state index contributed by atoms with van der Waals surface area (Å²) in [5.74, 6) is 0.841. The summed E-state index contributed by atoms with van der Waals surface area (Å²) in [4.78, 5) is 2.18. The van der Waals surface area contributed by atoms with Crippen LogP contribution in [0.4, 0.5) is 4.39 Å². The molecule has 1 rings (SSSR count). The van der Waals surface area contributed by atoms with E-state index >= 15 is 0 Å². The molecule has 0 spiro atoms. The molecule has 0 aromatic heterocycles. The maximum atomic E-state index is 13.4. The Morgan fingerprint density at radius 2 is 2.11 bits per heavy atom. The van der Waals surface area contributed by atoms with E-state index in [1.165, 1.54) is 6.07 Å². The largest absolute Gasteiger partial charge is 0.388 e. The van der Waals surface area contributed by atoms with Crippen LogP contribution in [0.2, 0.25) is 0 Å². The molecule has 0 aliphatic heterocycles. The van der Waals surface area contributed by atoms with Crippen LogP contribution in [-0.4, -0.2) is 42.2 Å². The van der Waals surface area contributed by atoms with Gasteiger partial charge in [0, 0.05) is 18.8 Å². The van der Waals surface area contributed by atoms with Crippen molar-refractivity contribution in [2.24, 2.45) is 0 Å². The van der Waals surface area contributed by atoms with Crippen molar-refractivity contribution < 1.29 is 9.50 Å². The van der Waals surface area contributed by atoms with Crippen LogP contribution in [-0.2, 0) is 0 Å². The van der Waals surface area contributed by atoms with Crippen LogP contribution in [0.25, 0.3) is 0 Å². The Kier molecular flexibility index (Phi) is 6.68. The van der Waals surface area contributed by atoms with E-state index in [9.17, 15) is 9.50 Å². The molecule has 0 bridgehead atoms. The fraction of sp³-hybridized carbons (Fsp3) is 0.571. The number of benzene rings is 1. The minimum atomic E-state index is -0.586. The molecule has 18 heavy (non-hydrogen) atoms. The summed E-state index contributed by atoms with van der Waals surface area (Å²) in [6.07, 6.45) is 2.13. The Balaban J connectivity index is 2.44. The molecule has 0 saturated heterocycles. The molecular formula is C14H22FNOS. The minimum Gasteiger partial charge on any atom is -0.388 e. The molecule has 1 aromatic carbocycles. The number of halogens is 1. The number of rotatable bonds is 7. The Hall–Kier alpha value is -0.580. The Labute approximate surface area is 113 Å². The van der Waals surface area contributed by atoms with Crippen LogP contribution in [0.5, 0.6) is 0 Å². The van der Waals surface area contributed by atoms with Gasteiger partial charge in [-0.2, -0.15) is 11.8 Å². The van der Waals surface area contributed by atoms with Gasteiger partial charge in [-0.05, 0) is 43.8 Å². The number of aliphatic hydroxyl groups is 1. The first-order chi connectivity index (χ1) is 8.54. The van der Waals surface area contributed by atoms with E-state index in [0.29, 0.717) is 17.5 Å². The third-order valence-electron chi connectivity index (χ3n) is 3.04. The van der Waals surface area contributed by atoms with Crippen LogP contribution in [0, 0.1) is 12.7 Å². The van der Waals surface area contributed by atoms with Gasteiger partial charge < -0.3 is 10.0 Å². The Bertz CT molecular complexity index is 373. The summed E-state index contributed by atoms with van der Waals surface area (Å²) in [7, 11) is 2.04. The number of aliphatic hydroxyl groups excluding tert-OH is 1. The van der Waals surface area contributed by atoms with E-state index in [-0.39, 0.29) is 5.82 Å². The lowest BCUT2D eigenvalue weighted by Crippen LogP contribution is -2.23. The SMILES string of the molecule is CSCCN(C)CCC(O)c1ccc(C)c(F)c1. The molecule has 0 heterocycles. The van der Waals surface area contributed by atoms with Crippen LogP contribution >= 0.6 is 11.8 Å². The first-order valence-corrected chi connectivity index (χ1v) is 7.55. The molecule has 0 fully saturated rings. The predicted octanol–water partition coefficient (Wildman–Crippen LogP) is 2.85. The first-order valence-electron chi connectivity index (χ1n) is 6.16. The fourth-order valence-corrected chi connectivity index (χ4v) is 2.18. The number of hydrogen-bond donors (Lipinski definition) is 1. The molecule has 0 radical (unpaired) electrons. The fourth-order valence-electron chi connectivity index (χ4n) is 1.68. The van der Waals surface area contributed by atoms with E-state index in [1.807, 2.05) is 18.8 Å². The second-order valence-corrected chi connectivity index (χ2v) is 5.59. The molecule has 0 aliphatic rings. The number of hydrogen-bond acceptors (Lipinski definition) is 3. The molecule has 0 aliphatic carbocycles. The van der Waals surface area contributed by atoms with Gasteiger partial charge in [0.1, 0.15) is 5.82 Å². The zero-order valence-electron chi connectivity index (χ0n) is 11.3. The third kappa shape index (κ3) is 4.96. The van der Waals surface area contributed by atoms with Crippen molar-refractivity contribution in [2.75, 3.05) is 32.1 Å². The Morgan fingerprint density at radius 3 is 2.72 bits per heavy atom. The van der Waals surface area contributed by atoms with Crippen molar-refractivity contribution in [3.63, 3.8) is 0 Å². The molecular weight excluding hydrogens is 249 g/mol. The lowest BCUT2D eigenvalue weighted by Gasteiger charge is -2.18. The second kappa shape index (κ2) is 7.77. The van der Waals surface area contributed by atoms with Gasteiger partial charge in [-0.1, -0.05) is 12.1 Å². The average molecular weight is 271 g/mol. The van der Waals surface area contributed by atoms with Crippen molar-refractivity contribution in [3.8, 4) is 0 Å².